The second-order valence-electron chi connectivity index (χ2n) is 11.9. The summed E-state index contributed by atoms with van der Waals surface area (Å²) in [4.78, 5) is 62.4. The van der Waals surface area contributed by atoms with Crippen molar-refractivity contribution in [1.29, 1.82) is 0 Å². The van der Waals surface area contributed by atoms with E-state index in [2.05, 4.69) is 16.0 Å². The molecule has 5 N–H and O–H groups in total. The summed E-state index contributed by atoms with van der Waals surface area (Å²) in [5.41, 5.74) is -0.985. The first-order valence-corrected chi connectivity index (χ1v) is 13.9. The molecule has 0 aliphatic heterocycles. The molecule has 3 amide bonds. The lowest BCUT2D eigenvalue weighted by atomic mass is 10.0. The van der Waals surface area contributed by atoms with Gasteiger partial charge in [0.05, 0.1) is 0 Å². The van der Waals surface area contributed by atoms with Crippen LogP contribution in [0, 0.1) is 5.21 Å². The van der Waals surface area contributed by atoms with Crippen LogP contribution < -0.4 is 30.7 Å². The topological polar surface area (TPSA) is 206 Å². The van der Waals surface area contributed by atoms with Gasteiger partial charge in [0, 0.05) is 18.6 Å². The van der Waals surface area contributed by atoms with Crippen LogP contribution in [0.3, 0.4) is 0 Å². The Bertz CT molecular complexity index is 1330. The Morgan fingerprint density at radius 2 is 1.33 bits per heavy atom. The highest BCUT2D eigenvalue weighted by atomic mass is 16.8. The Kier molecular flexibility index (Phi) is 12.8. The summed E-state index contributed by atoms with van der Waals surface area (Å²) in [5.74, 6) is -1.95. The molecule has 246 valence electrons. The summed E-state index contributed by atoms with van der Waals surface area (Å²) in [5, 5.41) is 26.1. The number of benzene rings is 2. The van der Waals surface area contributed by atoms with Gasteiger partial charge in [0.1, 0.15) is 41.3 Å². The van der Waals surface area contributed by atoms with Crippen molar-refractivity contribution in [1.82, 2.24) is 16.0 Å². The fourth-order valence-corrected chi connectivity index (χ4v) is 3.48. The van der Waals surface area contributed by atoms with Gasteiger partial charge in [-0.2, -0.15) is 5.23 Å². The molecule has 15 nitrogen and oxygen atoms in total. The Morgan fingerprint density at radius 1 is 0.800 bits per heavy atom. The van der Waals surface area contributed by atoms with Crippen LogP contribution in [0.25, 0.3) is 0 Å². The Labute approximate surface area is 260 Å². The molecule has 0 aliphatic carbocycles. The molecule has 1 unspecified atom stereocenters. The van der Waals surface area contributed by atoms with Crippen molar-refractivity contribution in [3.05, 3.63) is 59.3 Å². The third-order valence-electron chi connectivity index (χ3n) is 5.45. The Hall–Kier alpha value is -4.73. The number of alkyl carbamates (subject to hydrolysis) is 1. The van der Waals surface area contributed by atoms with Crippen LogP contribution in [-0.4, -0.2) is 65.1 Å². The van der Waals surface area contributed by atoms with Crippen molar-refractivity contribution in [3.8, 4) is 11.5 Å². The third-order valence-corrected chi connectivity index (χ3v) is 5.45. The van der Waals surface area contributed by atoms with Crippen LogP contribution in [0.2, 0.25) is 0 Å². The van der Waals surface area contributed by atoms with Crippen molar-refractivity contribution < 1.29 is 53.4 Å². The van der Waals surface area contributed by atoms with Crippen molar-refractivity contribution >= 4 is 35.7 Å². The van der Waals surface area contributed by atoms with Gasteiger partial charge in [-0.1, -0.05) is 12.1 Å². The first-order chi connectivity index (χ1) is 20.8. The second kappa shape index (κ2) is 15.8. The van der Waals surface area contributed by atoms with Crippen LogP contribution in [0.4, 0.5) is 15.3 Å². The third kappa shape index (κ3) is 14.1. The minimum atomic E-state index is -1.17. The van der Waals surface area contributed by atoms with Gasteiger partial charge in [-0.3, -0.25) is 9.59 Å². The highest BCUT2D eigenvalue weighted by Gasteiger charge is 2.27. The molecule has 0 saturated carbocycles. The molecule has 3 atom stereocenters. The van der Waals surface area contributed by atoms with E-state index in [9.17, 15) is 29.2 Å². The van der Waals surface area contributed by atoms with E-state index in [-0.39, 0.29) is 23.6 Å². The van der Waals surface area contributed by atoms with Crippen molar-refractivity contribution in [2.75, 3.05) is 6.54 Å². The highest BCUT2D eigenvalue weighted by molar-refractivity contribution is 5.92. The van der Waals surface area contributed by atoms with E-state index in [1.54, 1.807) is 53.7 Å². The maximum Gasteiger partial charge on any atom is 0.514 e. The van der Waals surface area contributed by atoms with Gasteiger partial charge in [-0.25, -0.2) is 19.6 Å². The molecular formula is C30H40N4O11. The predicted octanol–water partition coefficient (Wildman–Crippen LogP) is 2.07. The van der Waals surface area contributed by atoms with Gasteiger partial charge in [-0.05, 0) is 78.3 Å². The van der Waals surface area contributed by atoms with Gasteiger partial charge in [0.25, 0.3) is 0 Å². The van der Waals surface area contributed by atoms with Crippen LogP contribution >= 0.6 is 0 Å². The lowest BCUT2D eigenvalue weighted by molar-refractivity contribution is -0.991. The largest absolute Gasteiger partial charge is 0.595 e. The van der Waals surface area contributed by atoms with E-state index in [0.29, 0.717) is 5.56 Å². The SMILES string of the molecule is C[C@H](NC(=O)[C@@H](Cc1ccc(OC(=O)OC(C)(C)C)cc1)NC(=O)OC(C)(C)C)C(=O)NCC(=O)Oc1ccc([NH+]([O-])O)cc1. The van der Waals surface area contributed by atoms with E-state index in [4.69, 9.17) is 24.2 Å². The number of nitrogens with one attached hydrogen (secondary N) is 4. The summed E-state index contributed by atoms with van der Waals surface area (Å²) < 4.78 is 20.6. The predicted molar refractivity (Wildman–Crippen MR) is 159 cm³/mol. The number of quaternary nitrogens is 1. The summed E-state index contributed by atoms with van der Waals surface area (Å²) in [6.45, 7) is 10.9. The minimum absolute atomic E-state index is 0.0105. The van der Waals surface area contributed by atoms with E-state index in [1.165, 1.54) is 43.3 Å². The van der Waals surface area contributed by atoms with Gasteiger partial charge in [0.15, 0.2) is 5.69 Å². The molecule has 0 bridgehead atoms. The summed E-state index contributed by atoms with van der Waals surface area (Å²) in [6.07, 6.45) is -1.75. The molecule has 15 heteroatoms. The van der Waals surface area contributed by atoms with Gasteiger partial charge >= 0.3 is 18.2 Å². The van der Waals surface area contributed by atoms with Gasteiger partial charge in [-0.15, -0.1) is 0 Å². The summed E-state index contributed by atoms with van der Waals surface area (Å²) >= 11 is 0. The van der Waals surface area contributed by atoms with E-state index >= 15 is 0 Å². The lowest BCUT2D eigenvalue weighted by Crippen LogP contribution is -2.99. The van der Waals surface area contributed by atoms with E-state index in [0.717, 1.165) is 0 Å². The molecule has 0 saturated heterocycles. The Morgan fingerprint density at radius 3 is 1.87 bits per heavy atom. The molecule has 2 aromatic rings. The normalized spacial score (nSPS) is 13.4. The first kappa shape index (κ1) is 36.5. The van der Waals surface area contributed by atoms with Crippen LogP contribution in [-0.2, 0) is 30.3 Å². The molecule has 2 aromatic carbocycles. The zero-order valence-electron chi connectivity index (χ0n) is 26.2. The van der Waals surface area contributed by atoms with Crippen LogP contribution in [0.5, 0.6) is 11.5 Å². The molecule has 0 heterocycles. The monoisotopic (exact) mass is 632 g/mol. The average Bonchev–Trinajstić information content (AvgIpc) is 2.90. The standard InChI is InChI=1S/C30H40N4O11/c1-18(25(36)31-17-24(35)42-21-14-10-20(11-15-21)34(40)41)32-26(37)23(33-27(38)44-29(2,3)4)16-19-8-12-22(13-9-19)43-28(39)45-30(5,6)7/h8-15,18,23,34,40H,16-17H2,1-7H3,(H,31,36)(H,32,37)(H,33,38)/t18-,23+/m0/s1. The molecule has 0 aliphatic rings. The smallest absolute Gasteiger partial charge is 0.514 e. The number of esters is 1. The number of hydrogen-bond donors (Lipinski definition) is 5. The average molecular weight is 633 g/mol. The molecule has 0 fully saturated rings. The zero-order valence-corrected chi connectivity index (χ0v) is 26.2. The van der Waals surface area contributed by atoms with Crippen molar-refractivity contribution in [2.24, 2.45) is 0 Å². The van der Waals surface area contributed by atoms with Gasteiger partial charge < -0.3 is 40.1 Å². The maximum atomic E-state index is 13.2. The molecule has 2 rings (SSSR count). The molecule has 0 radical (unpaired) electrons. The number of carbonyl (C=O) groups excluding carboxylic acids is 5. The number of ether oxygens (including phenoxy) is 4. The van der Waals surface area contributed by atoms with Crippen molar-refractivity contribution in [3.63, 3.8) is 0 Å². The fourth-order valence-electron chi connectivity index (χ4n) is 3.48. The summed E-state index contributed by atoms with van der Waals surface area (Å²) in [6, 6.07) is 9.00. The number of rotatable bonds is 11. The number of amides is 3. The molecular weight excluding hydrogens is 592 g/mol. The van der Waals surface area contributed by atoms with Crippen molar-refractivity contribution in [2.45, 2.75) is 78.2 Å². The highest BCUT2D eigenvalue weighted by Crippen LogP contribution is 2.17. The number of hydrogen-bond acceptors (Lipinski definition) is 11. The van der Waals surface area contributed by atoms with Crippen LogP contribution in [0.1, 0.15) is 54.0 Å². The molecule has 0 aromatic heterocycles. The van der Waals surface area contributed by atoms with E-state index < -0.39 is 65.1 Å². The minimum Gasteiger partial charge on any atom is -0.595 e. The van der Waals surface area contributed by atoms with Crippen LogP contribution in [0.15, 0.2) is 48.5 Å². The maximum absolute atomic E-state index is 13.2. The number of carbonyl (C=O) groups is 5. The quantitative estimate of drug-likeness (QED) is 0.105. The first-order valence-electron chi connectivity index (χ1n) is 13.9. The second-order valence-corrected chi connectivity index (χ2v) is 11.9. The zero-order chi connectivity index (χ0) is 33.9. The molecule has 0 spiro atoms. The van der Waals surface area contributed by atoms with E-state index in [1.807, 2.05) is 0 Å². The van der Waals surface area contributed by atoms with Gasteiger partial charge in [0.2, 0.25) is 11.8 Å². The summed E-state index contributed by atoms with van der Waals surface area (Å²) in [7, 11) is 0. The molecule has 45 heavy (non-hydrogen) atoms. The Balaban J connectivity index is 2.01. The fraction of sp³-hybridized carbons (Fsp3) is 0.433. The lowest BCUT2D eigenvalue weighted by Gasteiger charge is -2.24.